The molecule has 1 fully saturated rings. The van der Waals surface area contributed by atoms with Gasteiger partial charge in [0, 0.05) is 6.61 Å². The van der Waals surface area contributed by atoms with Crippen molar-refractivity contribution in [2.24, 2.45) is 5.41 Å². The van der Waals surface area contributed by atoms with Gasteiger partial charge in [0.15, 0.2) is 0 Å². The normalized spacial score (nSPS) is 21.5. The van der Waals surface area contributed by atoms with Crippen LogP contribution in [0.15, 0.2) is 0 Å². The Morgan fingerprint density at radius 1 is 1.47 bits per heavy atom. The minimum atomic E-state index is -0.768. The van der Waals surface area contributed by atoms with E-state index in [1.54, 1.807) is 0 Å². The van der Waals surface area contributed by atoms with Gasteiger partial charge in [0.2, 0.25) is 0 Å². The number of aliphatic carboxylic acids is 1. The van der Waals surface area contributed by atoms with Crippen LogP contribution in [0.4, 0.5) is 0 Å². The molecule has 1 aliphatic rings. The van der Waals surface area contributed by atoms with Gasteiger partial charge in [-0.1, -0.05) is 12.8 Å². The van der Waals surface area contributed by atoms with Crippen LogP contribution in [0.3, 0.4) is 0 Å². The van der Waals surface area contributed by atoms with Crippen LogP contribution in [0, 0.1) is 5.41 Å². The number of hydrogen-bond donors (Lipinski definition) is 2. The molecule has 0 aromatic heterocycles. The first-order chi connectivity index (χ1) is 7.10. The van der Waals surface area contributed by atoms with Gasteiger partial charge in [0.05, 0.1) is 18.1 Å². The van der Waals surface area contributed by atoms with Gasteiger partial charge in [0.25, 0.3) is 0 Å². The predicted molar refractivity (Wildman–Crippen MR) is 55.7 cm³/mol. The average Bonchev–Trinajstić information content (AvgIpc) is 2.64. The second-order valence-corrected chi connectivity index (χ2v) is 4.31. The smallest absolute Gasteiger partial charge is 0.309 e. The molecule has 4 heteroatoms. The van der Waals surface area contributed by atoms with E-state index < -0.39 is 17.5 Å². The van der Waals surface area contributed by atoms with Crippen molar-refractivity contribution < 1.29 is 19.7 Å². The summed E-state index contributed by atoms with van der Waals surface area (Å²) in [6.07, 6.45) is 2.94. The van der Waals surface area contributed by atoms with Crippen LogP contribution in [0.25, 0.3) is 0 Å². The molecule has 2 N–H and O–H groups in total. The molecule has 1 atom stereocenters. The van der Waals surface area contributed by atoms with Gasteiger partial charge in [0.1, 0.15) is 0 Å². The maximum atomic E-state index is 11.2. The molecule has 15 heavy (non-hydrogen) atoms. The minimum absolute atomic E-state index is 0.242. The Morgan fingerprint density at radius 2 is 2.07 bits per heavy atom. The van der Waals surface area contributed by atoms with Gasteiger partial charge in [-0.3, -0.25) is 4.79 Å². The quantitative estimate of drug-likeness (QED) is 0.704. The molecule has 0 aliphatic heterocycles. The van der Waals surface area contributed by atoms with Crippen LogP contribution in [-0.2, 0) is 9.53 Å². The third-order valence-corrected chi connectivity index (χ3v) is 3.16. The standard InChI is InChI=1S/C11H20O4/c1-2-15-8-9(12)7-11(10(13)14)5-3-4-6-11/h9,12H,2-8H2,1H3,(H,13,14). The first kappa shape index (κ1) is 12.5. The molecule has 1 aliphatic carbocycles. The number of carbonyl (C=O) groups is 1. The highest BCUT2D eigenvalue weighted by Crippen LogP contribution is 2.42. The fourth-order valence-electron chi connectivity index (χ4n) is 2.32. The Morgan fingerprint density at radius 3 is 2.53 bits per heavy atom. The van der Waals surface area contributed by atoms with Crippen molar-refractivity contribution in [3.63, 3.8) is 0 Å². The zero-order valence-electron chi connectivity index (χ0n) is 9.24. The molecule has 0 bridgehead atoms. The Hall–Kier alpha value is -0.610. The molecule has 0 aromatic rings. The number of carboxylic acid groups (broad SMARTS) is 1. The highest BCUT2D eigenvalue weighted by atomic mass is 16.5. The highest BCUT2D eigenvalue weighted by molar-refractivity contribution is 5.75. The van der Waals surface area contributed by atoms with Gasteiger partial charge < -0.3 is 14.9 Å². The first-order valence-corrected chi connectivity index (χ1v) is 5.60. The molecule has 0 amide bonds. The summed E-state index contributed by atoms with van der Waals surface area (Å²) >= 11 is 0. The first-order valence-electron chi connectivity index (χ1n) is 5.60. The molecule has 1 unspecified atom stereocenters. The lowest BCUT2D eigenvalue weighted by atomic mass is 9.81. The third-order valence-electron chi connectivity index (χ3n) is 3.16. The predicted octanol–water partition coefficient (Wildman–Crippen LogP) is 1.42. The van der Waals surface area contributed by atoms with Crippen molar-refractivity contribution >= 4 is 5.97 Å². The van der Waals surface area contributed by atoms with Gasteiger partial charge in [-0.25, -0.2) is 0 Å². The summed E-state index contributed by atoms with van der Waals surface area (Å²) in [7, 11) is 0. The SMILES string of the molecule is CCOCC(O)CC1(C(=O)O)CCCC1. The maximum absolute atomic E-state index is 11.2. The zero-order valence-corrected chi connectivity index (χ0v) is 9.24. The number of ether oxygens (including phenoxy) is 1. The summed E-state index contributed by atoms with van der Waals surface area (Å²) in [6.45, 7) is 2.65. The van der Waals surface area contributed by atoms with E-state index in [0.717, 1.165) is 12.8 Å². The van der Waals surface area contributed by atoms with Crippen LogP contribution in [0.2, 0.25) is 0 Å². The molecule has 0 heterocycles. The van der Waals surface area contributed by atoms with E-state index in [4.69, 9.17) is 4.74 Å². The molecule has 0 aromatic carbocycles. The van der Waals surface area contributed by atoms with E-state index >= 15 is 0 Å². The van der Waals surface area contributed by atoms with Crippen molar-refractivity contribution in [3.05, 3.63) is 0 Å². The monoisotopic (exact) mass is 216 g/mol. The zero-order chi connectivity index (χ0) is 11.3. The van der Waals surface area contributed by atoms with E-state index in [-0.39, 0.29) is 6.61 Å². The van der Waals surface area contributed by atoms with Gasteiger partial charge in [-0.2, -0.15) is 0 Å². The van der Waals surface area contributed by atoms with Crippen molar-refractivity contribution in [2.75, 3.05) is 13.2 Å². The van der Waals surface area contributed by atoms with Crippen LogP contribution < -0.4 is 0 Å². The van der Waals surface area contributed by atoms with Gasteiger partial charge in [-0.05, 0) is 26.2 Å². The van der Waals surface area contributed by atoms with E-state index in [9.17, 15) is 15.0 Å². The van der Waals surface area contributed by atoms with E-state index in [1.807, 2.05) is 6.92 Å². The lowest BCUT2D eigenvalue weighted by molar-refractivity contribution is -0.151. The van der Waals surface area contributed by atoms with Crippen LogP contribution in [0.5, 0.6) is 0 Å². The van der Waals surface area contributed by atoms with Crippen molar-refractivity contribution in [1.82, 2.24) is 0 Å². The fourth-order valence-corrected chi connectivity index (χ4v) is 2.32. The second kappa shape index (κ2) is 5.47. The summed E-state index contributed by atoms with van der Waals surface area (Å²) in [4.78, 5) is 11.2. The fraction of sp³-hybridized carbons (Fsp3) is 0.909. The van der Waals surface area contributed by atoms with Crippen molar-refractivity contribution in [2.45, 2.75) is 45.1 Å². The average molecular weight is 216 g/mol. The van der Waals surface area contributed by atoms with Gasteiger partial charge >= 0.3 is 5.97 Å². The molecule has 0 saturated heterocycles. The molecule has 0 spiro atoms. The summed E-state index contributed by atoms with van der Waals surface area (Å²) in [5.41, 5.74) is -0.698. The Bertz CT molecular complexity index is 209. The van der Waals surface area contributed by atoms with E-state index in [2.05, 4.69) is 0 Å². The molecule has 1 saturated carbocycles. The summed E-state index contributed by atoms with van der Waals surface area (Å²) < 4.78 is 5.09. The Kier molecular flexibility index (Phi) is 4.54. The highest BCUT2D eigenvalue weighted by Gasteiger charge is 2.42. The molecular weight excluding hydrogens is 196 g/mol. The number of aliphatic hydroxyl groups excluding tert-OH is 1. The van der Waals surface area contributed by atoms with Crippen molar-refractivity contribution in [1.29, 1.82) is 0 Å². The number of rotatable bonds is 6. The molecule has 1 rings (SSSR count). The van der Waals surface area contributed by atoms with E-state index in [1.165, 1.54) is 0 Å². The molecule has 0 radical (unpaired) electrons. The summed E-state index contributed by atoms with van der Waals surface area (Å²) in [5, 5.41) is 18.9. The summed E-state index contributed by atoms with van der Waals surface area (Å²) in [6, 6.07) is 0. The Labute approximate surface area is 90.2 Å². The lowest BCUT2D eigenvalue weighted by Gasteiger charge is -2.26. The number of aliphatic hydroxyl groups is 1. The molecule has 4 nitrogen and oxygen atoms in total. The van der Waals surface area contributed by atoms with Crippen LogP contribution in [0.1, 0.15) is 39.0 Å². The largest absolute Gasteiger partial charge is 0.481 e. The van der Waals surface area contributed by atoms with Crippen molar-refractivity contribution in [3.8, 4) is 0 Å². The Balaban J connectivity index is 2.48. The van der Waals surface area contributed by atoms with E-state index in [0.29, 0.717) is 25.9 Å². The third kappa shape index (κ3) is 3.18. The van der Waals surface area contributed by atoms with Gasteiger partial charge in [-0.15, -0.1) is 0 Å². The number of carboxylic acids is 1. The summed E-state index contributed by atoms with van der Waals surface area (Å²) in [5.74, 6) is -0.768. The second-order valence-electron chi connectivity index (χ2n) is 4.31. The topological polar surface area (TPSA) is 66.8 Å². The molecule has 88 valence electrons. The minimum Gasteiger partial charge on any atom is -0.481 e. The maximum Gasteiger partial charge on any atom is 0.309 e. The lowest BCUT2D eigenvalue weighted by Crippen LogP contribution is -2.33. The van der Waals surface area contributed by atoms with Crippen LogP contribution >= 0.6 is 0 Å². The molecular formula is C11H20O4. The van der Waals surface area contributed by atoms with Crippen LogP contribution in [-0.4, -0.2) is 35.5 Å². The number of hydrogen-bond acceptors (Lipinski definition) is 3.